The standard InChI is InChI=1S/C18H21N5O5/c1-4-22-13-9-21(10-14(24)20(2)3)17(25)15(13)16(19-18(22)26)11-6-5-7-12(8-11)23(27)28/h5-8,16H,4,9-10H2,1-3H3,(H,19,26). The highest BCUT2D eigenvalue weighted by atomic mass is 16.6. The summed E-state index contributed by atoms with van der Waals surface area (Å²) in [5, 5.41) is 13.9. The summed E-state index contributed by atoms with van der Waals surface area (Å²) in [6.45, 7) is 2.18. The van der Waals surface area contributed by atoms with Crippen molar-refractivity contribution in [2.45, 2.75) is 13.0 Å². The van der Waals surface area contributed by atoms with Gasteiger partial charge in [-0.3, -0.25) is 24.6 Å². The number of rotatable bonds is 5. The first kappa shape index (κ1) is 19.3. The lowest BCUT2D eigenvalue weighted by molar-refractivity contribution is -0.384. The molecule has 148 valence electrons. The molecule has 1 aromatic carbocycles. The Kier molecular flexibility index (Phi) is 5.04. The van der Waals surface area contributed by atoms with E-state index in [0.29, 0.717) is 23.4 Å². The van der Waals surface area contributed by atoms with Gasteiger partial charge < -0.3 is 15.1 Å². The molecule has 10 nitrogen and oxygen atoms in total. The van der Waals surface area contributed by atoms with Crippen molar-refractivity contribution in [2.75, 3.05) is 33.7 Å². The molecule has 1 atom stereocenters. The van der Waals surface area contributed by atoms with Crippen molar-refractivity contribution in [3.05, 3.63) is 51.2 Å². The van der Waals surface area contributed by atoms with Crippen molar-refractivity contribution < 1.29 is 19.3 Å². The van der Waals surface area contributed by atoms with E-state index in [2.05, 4.69) is 5.32 Å². The number of urea groups is 1. The first-order valence-corrected chi connectivity index (χ1v) is 8.79. The monoisotopic (exact) mass is 387 g/mol. The summed E-state index contributed by atoms with van der Waals surface area (Å²) in [5.41, 5.74) is 1.18. The van der Waals surface area contributed by atoms with Crippen LogP contribution in [0, 0.1) is 10.1 Å². The third kappa shape index (κ3) is 3.28. The lowest BCUT2D eigenvalue weighted by atomic mass is 9.95. The number of carbonyl (C=O) groups excluding carboxylic acids is 3. The molecule has 1 aromatic rings. The van der Waals surface area contributed by atoms with Crippen LogP contribution in [0.25, 0.3) is 0 Å². The summed E-state index contributed by atoms with van der Waals surface area (Å²) in [5.74, 6) is -0.595. The predicted octanol–water partition coefficient (Wildman–Crippen LogP) is 0.865. The van der Waals surface area contributed by atoms with Crippen molar-refractivity contribution in [1.29, 1.82) is 0 Å². The van der Waals surface area contributed by atoms with Gasteiger partial charge in [0.05, 0.1) is 28.8 Å². The molecule has 1 unspecified atom stereocenters. The second-order valence-electron chi connectivity index (χ2n) is 6.79. The summed E-state index contributed by atoms with van der Waals surface area (Å²) in [6, 6.07) is 4.64. The van der Waals surface area contributed by atoms with Crippen LogP contribution >= 0.6 is 0 Å². The minimum absolute atomic E-state index is 0.105. The largest absolute Gasteiger partial charge is 0.347 e. The molecule has 2 aliphatic heterocycles. The van der Waals surface area contributed by atoms with Crippen molar-refractivity contribution in [1.82, 2.24) is 20.0 Å². The van der Waals surface area contributed by atoms with Crippen LogP contribution in [0.3, 0.4) is 0 Å². The molecule has 10 heteroatoms. The first-order valence-electron chi connectivity index (χ1n) is 8.79. The molecular formula is C18H21N5O5. The van der Waals surface area contributed by atoms with Gasteiger partial charge in [-0.15, -0.1) is 0 Å². The van der Waals surface area contributed by atoms with Gasteiger partial charge >= 0.3 is 6.03 Å². The Hall–Kier alpha value is -3.43. The number of nitro groups is 1. The maximum absolute atomic E-state index is 13.1. The number of non-ortho nitro benzene ring substituents is 1. The Balaban J connectivity index is 2.01. The Bertz CT molecular complexity index is 894. The molecule has 0 aliphatic carbocycles. The molecule has 0 bridgehead atoms. The van der Waals surface area contributed by atoms with E-state index < -0.39 is 11.0 Å². The van der Waals surface area contributed by atoms with Gasteiger partial charge in [-0.2, -0.15) is 0 Å². The number of hydrogen-bond acceptors (Lipinski definition) is 5. The van der Waals surface area contributed by atoms with Crippen LogP contribution in [-0.2, 0) is 9.59 Å². The average molecular weight is 387 g/mol. The van der Waals surface area contributed by atoms with Crippen molar-refractivity contribution >= 4 is 23.5 Å². The van der Waals surface area contributed by atoms with Crippen LogP contribution in [-0.4, -0.2) is 71.2 Å². The highest BCUT2D eigenvalue weighted by Gasteiger charge is 2.44. The van der Waals surface area contributed by atoms with Gasteiger partial charge in [0.1, 0.15) is 6.54 Å². The topological polar surface area (TPSA) is 116 Å². The highest BCUT2D eigenvalue weighted by molar-refractivity contribution is 6.03. The number of amides is 4. The maximum Gasteiger partial charge on any atom is 0.322 e. The van der Waals surface area contributed by atoms with Gasteiger partial charge in [0.25, 0.3) is 11.6 Å². The van der Waals surface area contributed by atoms with E-state index in [1.54, 1.807) is 27.1 Å². The summed E-state index contributed by atoms with van der Waals surface area (Å²) >= 11 is 0. The zero-order valence-electron chi connectivity index (χ0n) is 15.8. The Morgan fingerprint density at radius 2 is 2.07 bits per heavy atom. The van der Waals surface area contributed by atoms with Crippen LogP contribution < -0.4 is 5.32 Å². The SMILES string of the molecule is CCN1C(=O)NC(c2cccc([N+](=O)[O-])c2)C2=C1CN(CC(=O)N(C)C)C2=O. The summed E-state index contributed by atoms with van der Waals surface area (Å²) in [7, 11) is 3.21. The van der Waals surface area contributed by atoms with Gasteiger partial charge in [0.15, 0.2) is 0 Å². The minimum Gasteiger partial charge on any atom is -0.347 e. The number of nitrogens with zero attached hydrogens (tertiary/aromatic N) is 4. The van der Waals surface area contributed by atoms with E-state index in [1.165, 1.54) is 32.9 Å². The number of nitrogens with one attached hydrogen (secondary N) is 1. The molecule has 2 heterocycles. The van der Waals surface area contributed by atoms with Crippen LogP contribution in [0.1, 0.15) is 18.5 Å². The lowest BCUT2D eigenvalue weighted by Gasteiger charge is -2.32. The highest BCUT2D eigenvalue weighted by Crippen LogP contribution is 2.36. The zero-order valence-corrected chi connectivity index (χ0v) is 15.8. The fourth-order valence-corrected chi connectivity index (χ4v) is 3.38. The number of carbonyl (C=O) groups is 3. The fourth-order valence-electron chi connectivity index (χ4n) is 3.38. The third-order valence-electron chi connectivity index (χ3n) is 4.85. The molecule has 4 amide bonds. The van der Waals surface area contributed by atoms with E-state index in [9.17, 15) is 24.5 Å². The molecule has 0 fully saturated rings. The van der Waals surface area contributed by atoms with Gasteiger partial charge in [-0.1, -0.05) is 12.1 Å². The second kappa shape index (κ2) is 7.29. The van der Waals surface area contributed by atoms with Gasteiger partial charge in [0.2, 0.25) is 5.91 Å². The van der Waals surface area contributed by atoms with Crippen LogP contribution in [0.5, 0.6) is 0 Å². The average Bonchev–Trinajstić information content (AvgIpc) is 2.97. The van der Waals surface area contributed by atoms with Gasteiger partial charge in [-0.25, -0.2) is 4.79 Å². The number of benzene rings is 1. The van der Waals surface area contributed by atoms with E-state index >= 15 is 0 Å². The Labute approximate surface area is 161 Å². The maximum atomic E-state index is 13.1. The van der Waals surface area contributed by atoms with E-state index in [-0.39, 0.29) is 36.6 Å². The third-order valence-corrected chi connectivity index (χ3v) is 4.85. The molecule has 0 radical (unpaired) electrons. The van der Waals surface area contributed by atoms with E-state index in [1.807, 2.05) is 0 Å². The molecule has 0 aromatic heterocycles. The van der Waals surface area contributed by atoms with Crippen LogP contribution in [0.4, 0.5) is 10.5 Å². The molecule has 28 heavy (non-hydrogen) atoms. The Morgan fingerprint density at radius 3 is 2.68 bits per heavy atom. The minimum atomic E-state index is -0.808. The molecule has 3 rings (SSSR count). The first-order chi connectivity index (χ1) is 13.2. The van der Waals surface area contributed by atoms with Crippen LogP contribution in [0.2, 0.25) is 0 Å². The summed E-state index contributed by atoms with van der Waals surface area (Å²) < 4.78 is 0. The number of hydrogen-bond donors (Lipinski definition) is 1. The smallest absolute Gasteiger partial charge is 0.322 e. The lowest BCUT2D eigenvalue weighted by Crippen LogP contribution is -2.47. The fraction of sp³-hybridized carbons (Fsp3) is 0.389. The van der Waals surface area contributed by atoms with Crippen LogP contribution in [0.15, 0.2) is 35.5 Å². The normalized spacial score (nSPS) is 18.9. The molecule has 0 saturated carbocycles. The zero-order chi connectivity index (χ0) is 20.6. The predicted molar refractivity (Wildman–Crippen MR) is 99.0 cm³/mol. The molecular weight excluding hydrogens is 366 g/mol. The molecule has 0 saturated heterocycles. The van der Waals surface area contributed by atoms with Gasteiger partial charge in [0, 0.05) is 32.8 Å². The van der Waals surface area contributed by atoms with E-state index in [4.69, 9.17) is 0 Å². The summed E-state index contributed by atoms with van der Waals surface area (Å²) in [6.07, 6.45) is 0. The second-order valence-corrected chi connectivity index (χ2v) is 6.79. The number of likely N-dealkylation sites (N-methyl/N-ethyl adjacent to an activating group) is 2. The summed E-state index contributed by atoms with van der Waals surface area (Å²) in [4.78, 5) is 52.5. The molecule has 1 N–H and O–H groups in total. The quantitative estimate of drug-likeness (QED) is 0.594. The molecule has 0 spiro atoms. The van der Waals surface area contributed by atoms with Crippen molar-refractivity contribution in [3.63, 3.8) is 0 Å². The van der Waals surface area contributed by atoms with Crippen molar-refractivity contribution in [3.8, 4) is 0 Å². The number of nitro benzene ring substituents is 1. The van der Waals surface area contributed by atoms with Gasteiger partial charge in [-0.05, 0) is 12.5 Å². The van der Waals surface area contributed by atoms with E-state index in [0.717, 1.165) is 0 Å². The molecule has 2 aliphatic rings. The Morgan fingerprint density at radius 1 is 1.36 bits per heavy atom. The van der Waals surface area contributed by atoms with Crippen molar-refractivity contribution in [2.24, 2.45) is 0 Å².